The number of carbonyl (C=O) groups is 1. The molecule has 1 aromatic carbocycles. The lowest BCUT2D eigenvalue weighted by molar-refractivity contribution is -0.123. The summed E-state index contributed by atoms with van der Waals surface area (Å²) in [7, 11) is 0. The van der Waals surface area contributed by atoms with Gasteiger partial charge < -0.3 is 15.8 Å². The highest BCUT2D eigenvalue weighted by Gasteiger charge is 2.08. The molecule has 0 aliphatic heterocycles. The number of nitrogens with one attached hydrogen (secondary N) is 1. The molecule has 0 aliphatic carbocycles. The number of hydrogen-bond acceptors (Lipinski definition) is 3. The molecule has 1 rings (SSSR count). The van der Waals surface area contributed by atoms with Gasteiger partial charge in [0.1, 0.15) is 5.75 Å². The first-order chi connectivity index (χ1) is 8.02. The minimum Gasteiger partial charge on any atom is -0.482 e. The van der Waals surface area contributed by atoms with E-state index in [-0.39, 0.29) is 18.6 Å². The van der Waals surface area contributed by atoms with E-state index in [0.29, 0.717) is 22.3 Å². The number of nitrogens with two attached hydrogens (primary N) is 1. The normalized spacial score (nSPS) is 12.0. The topological polar surface area (TPSA) is 64.3 Å². The van der Waals surface area contributed by atoms with E-state index in [0.717, 1.165) is 0 Å². The lowest BCUT2D eigenvalue weighted by atomic mass is 10.3. The number of ether oxygens (including phenoxy) is 1. The molecule has 0 bridgehead atoms. The molecule has 0 saturated carbocycles. The van der Waals surface area contributed by atoms with Crippen LogP contribution in [0.15, 0.2) is 18.2 Å². The minimum atomic E-state index is -0.251. The number of rotatable bonds is 5. The van der Waals surface area contributed by atoms with Gasteiger partial charge in [-0.25, -0.2) is 0 Å². The van der Waals surface area contributed by atoms with Crippen LogP contribution in [-0.4, -0.2) is 25.1 Å². The maximum atomic E-state index is 11.4. The van der Waals surface area contributed by atoms with Gasteiger partial charge in [0.05, 0.1) is 5.02 Å². The van der Waals surface area contributed by atoms with Crippen LogP contribution in [0.2, 0.25) is 10.0 Å². The standard InChI is InChI=1S/C11H14Cl2N2O2/c1-7(5-14)15-11(16)6-17-10-4-8(12)2-3-9(10)13/h2-4,7H,5-6,14H2,1H3,(H,15,16)/t7-/m0/s1. The van der Waals surface area contributed by atoms with E-state index >= 15 is 0 Å². The smallest absolute Gasteiger partial charge is 0.258 e. The summed E-state index contributed by atoms with van der Waals surface area (Å²) in [5.74, 6) is 0.133. The van der Waals surface area contributed by atoms with Gasteiger partial charge in [0.15, 0.2) is 6.61 Å². The van der Waals surface area contributed by atoms with Gasteiger partial charge in [0, 0.05) is 23.7 Å². The van der Waals surface area contributed by atoms with Gasteiger partial charge in [0.25, 0.3) is 5.91 Å². The zero-order chi connectivity index (χ0) is 12.8. The Morgan fingerprint density at radius 1 is 1.53 bits per heavy atom. The van der Waals surface area contributed by atoms with Crippen molar-refractivity contribution < 1.29 is 9.53 Å². The van der Waals surface area contributed by atoms with Crippen LogP contribution in [0, 0.1) is 0 Å². The maximum Gasteiger partial charge on any atom is 0.258 e. The first kappa shape index (κ1) is 14.1. The second kappa shape index (κ2) is 6.69. The van der Waals surface area contributed by atoms with Crippen LogP contribution in [-0.2, 0) is 4.79 Å². The number of carbonyl (C=O) groups excluding carboxylic acids is 1. The van der Waals surface area contributed by atoms with E-state index in [1.165, 1.54) is 0 Å². The summed E-state index contributed by atoms with van der Waals surface area (Å²) in [5.41, 5.74) is 5.38. The van der Waals surface area contributed by atoms with Crippen molar-refractivity contribution in [1.82, 2.24) is 5.32 Å². The first-order valence-corrected chi connectivity index (χ1v) is 5.85. The third-order valence-corrected chi connectivity index (χ3v) is 2.56. The van der Waals surface area contributed by atoms with Crippen molar-refractivity contribution in [3.8, 4) is 5.75 Å². The number of amides is 1. The number of benzene rings is 1. The fourth-order valence-corrected chi connectivity index (χ4v) is 1.44. The molecule has 1 amide bonds. The number of hydrogen-bond donors (Lipinski definition) is 2. The average Bonchev–Trinajstić information content (AvgIpc) is 2.30. The van der Waals surface area contributed by atoms with Gasteiger partial charge in [-0.2, -0.15) is 0 Å². The van der Waals surface area contributed by atoms with Gasteiger partial charge in [-0.1, -0.05) is 23.2 Å². The largest absolute Gasteiger partial charge is 0.482 e. The van der Waals surface area contributed by atoms with Crippen LogP contribution in [0.1, 0.15) is 6.92 Å². The van der Waals surface area contributed by atoms with Crippen LogP contribution in [0.5, 0.6) is 5.75 Å². The van der Waals surface area contributed by atoms with E-state index in [4.69, 9.17) is 33.7 Å². The van der Waals surface area contributed by atoms with Crippen LogP contribution in [0.3, 0.4) is 0 Å². The molecule has 6 heteroatoms. The van der Waals surface area contributed by atoms with Crippen molar-refractivity contribution in [3.63, 3.8) is 0 Å². The molecule has 4 nitrogen and oxygen atoms in total. The molecular weight excluding hydrogens is 263 g/mol. The van der Waals surface area contributed by atoms with E-state index in [9.17, 15) is 4.79 Å². The summed E-state index contributed by atoms with van der Waals surface area (Å²) in [6, 6.07) is 4.73. The quantitative estimate of drug-likeness (QED) is 0.863. The Bertz CT molecular complexity index is 399. The molecule has 0 aliphatic rings. The van der Waals surface area contributed by atoms with Crippen molar-refractivity contribution in [2.24, 2.45) is 5.73 Å². The third-order valence-electron chi connectivity index (χ3n) is 2.01. The van der Waals surface area contributed by atoms with E-state index in [1.54, 1.807) is 18.2 Å². The lowest BCUT2D eigenvalue weighted by Crippen LogP contribution is -2.40. The Kier molecular flexibility index (Phi) is 5.55. The summed E-state index contributed by atoms with van der Waals surface area (Å²) in [4.78, 5) is 11.4. The molecular formula is C11H14Cl2N2O2. The maximum absolute atomic E-state index is 11.4. The molecule has 94 valence electrons. The summed E-state index contributed by atoms with van der Waals surface area (Å²) in [6.07, 6.45) is 0. The molecule has 0 unspecified atom stereocenters. The molecule has 0 spiro atoms. The summed E-state index contributed by atoms with van der Waals surface area (Å²) in [6.45, 7) is 2.07. The van der Waals surface area contributed by atoms with Crippen LogP contribution < -0.4 is 15.8 Å². The van der Waals surface area contributed by atoms with Gasteiger partial charge in [0.2, 0.25) is 0 Å². The molecule has 0 radical (unpaired) electrons. The molecule has 17 heavy (non-hydrogen) atoms. The van der Waals surface area contributed by atoms with Crippen molar-refractivity contribution in [2.45, 2.75) is 13.0 Å². The monoisotopic (exact) mass is 276 g/mol. The third kappa shape index (κ3) is 4.81. The Balaban J connectivity index is 2.50. The molecule has 0 heterocycles. The number of halogens is 2. The zero-order valence-corrected chi connectivity index (χ0v) is 10.9. The SMILES string of the molecule is C[C@@H](CN)NC(=O)COc1cc(Cl)ccc1Cl. The zero-order valence-electron chi connectivity index (χ0n) is 9.37. The summed E-state index contributed by atoms with van der Waals surface area (Å²) in [5, 5.41) is 3.58. The highest BCUT2D eigenvalue weighted by molar-refractivity contribution is 6.34. The molecule has 1 aromatic rings. The van der Waals surface area contributed by atoms with E-state index in [2.05, 4.69) is 5.32 Å². The van der Waals surface area contributed by atoms with Gasteiger partial charge in [-0.05, 0) is 19.1 Å². The second-order valence-electron chi connectivity index (χ2n) is 3.57. The highest BCUT2D eigenvalue weighted by atomic mass is 35.5. The second-order valence-corrected chi connectivity index (χ2v) is 4.41. The van der Waals surface area contributed by atoms with Crippen molar-refractivity contribution >= 4 is 29.1 Å². The predicted octanol–water partition coefficient (Wildman–Crippen LogP) is 1.84. The fraction of sp³-hybridized carbons (Fsp3) is 0.364. The molecule has 1 atom stereocenters. The highest BCUT2D eigenvalue weighted by Crippen LogP contribution is 2.27. The van der Waals surface area contributed by atoms with E-state index < -0.39 is 0 Å². The molecule has 3 N–H and O–H groups in total. The van der Waals surface area contributed by atoms with Crippen molar-refractivity contribution in [3.05, 3.63) is 28.2 Å². The van der Waals surface area contributed by atoms with Crippen LogP contribution >= 0.6 is 23.2 Å². The molecule has 0 aromatic heterocycles. The minimum absolute atomic E-state index is 0.0825. The average molecular weight is 277 g/mol. The van der Waals surface area contributed by atoms with Gasteiger partial charge in [-0.3, -0.25) is 4.79 Å². The van der Waals surface area contributed by atoms with Gasteiger partial charge >= 0.3 is 0 Å². The Morgan fingerprint density at radius 2 is 2.24 bits per heavy atom. The molecule has 0 fully saturated rings. The molecule has 0 saturated heterocycles. The predicted molar refractivity (Wildman–Crippen MR) is 68.6 cm³/mol. The van der Waals surface area contributed by atoms with Crippen LogP contribution in [0.4, 0.5) is 0 Å². The summed E-state index contributed by atoms with van der Waals surface area (Å²) >= 11 is 11.7. The lowest BCUT2D eigenvalue weighted by Gasteiger charge is -2.12. The Hall–Kier alpha value is -0.970. The Morgan fingerprint density at radius 3 is 2.88 bits per heavy atom. The van der Waals surface area contributed by atoms with E-state index in [1.807, 2.05) is 6.92 Å². The first-order valence-electron chi connectivity index (χ1n) is 5.10. The summed E-state index contributed by atoms with van der Waals surface area (Å²) < 4.78 is 5.26. The van der Waals surface area contributed by atoms with Gasteiger partial charge in [-0.15, -0.1) is 0 Å². The van der Waals surface area contributed by atoms with Crippen molar-refractivity contribution in [1.29, 1.82) is 0 Å². The van der Waals surface area contributed by atoms with Crippen molar-refractivity contribution in [2.75, 3.05) is 13.2 Å². The Labute approximate surface area is 110 Å². The fourth-order valence-electron chi connectivity index (χ4n) is 1.11. The van der Waals surface area contributed by atoms with Crippen LogP contribution in [0.25, 0.3) is 0 Å².